The van der Waals surface area contributed by atoms with Crippen LogP contribution in [0.5, 0.6) is 5.75 Å². The minimum Gasteiger partial charge on any atom is -0.492 e. The van der Waals surface area contributed by atoms with Crippen molar-refractivity contribution in [2.45, 2.75) is 13.3 Å². The van der Waals surface area contributed by atoms with Gasteiger partial charge in [0, 0.05) is 37.6 Å². The van der Waals surface area contributed by atoms with Crippen molar-refractivity contribution in [2.24, 2.45) is 0 Å². The second kappa shape index (κ2) is 11.3. The number of carbonyl (C=O) groups is 1. The van der Waals surface area contributed by atoms with Crippen LogP contribution in [-0.2, 0) is 0 Å². The van der Waals surface area contributed by atoms with Gasteiger partial charge in [0.1, 0.15) is 10.6 Å². The summed E-state index contributed by atoms with van der Waals surface area (Å²) >= 11 is 1.49. The summed E-state index contributed by atoms with van der Waals surface area (Å²) in [5.41, 5.74) is 1.11. The molecule has 0 bridgehead atoms. The zero-order valence-electron chi connectivity index (χ0n) is 15.7. The number of carbonyl (C=O) groups excluding carboxylic acids is 1. The first-order chi connectivity index (χ1) is 12.8. The second-order valence-corrected chi connectivity index (χ2v) is 7.36. The third-order valence-corrected chi connectivity index (χ3v) is 5.57. The molecule has 0 radical (unpaired) electrons. The summed E-state index contributed by atoms with van der Waals surface area (Å²) in [4.78, 5) is 16.8. The fourth-order valence-electron chi connectivity index (χ4n) is 3.06. The van der Waals surface area contributed by atoms with Crippen molar-refractivity contribution >= 4 is 29.7 Å². The Hall–Kier alpha value is -1.60. The number of nitrogens with one attached hydrogen (secondary N) is 2. The van der Waals surface area contributed by atoms with Gasteiger partial charge in [-0.15, -0.1) is 23.7 Å². The quantitative estimate of drug-likeness (QED) is 0.657. The van der Waals surface area contributed by atoms with Crippen LogP contribution in [0, 0.1) is 0 Å². The van der Waals surface area contributed by atoms with Crippen molar-refractivity contribution in [3.63, 3.8) is 0 Å². The summed E-state index contributed by atoms with van der Waals surface area (Å²) < 4.78 is 5.70. The Kier molecular flexibility index (Phi) is 9.07. The lowest BCUT2D eigenvalue weighted by atomic mass is 10.2. The summed E-state index contributed by atoms with van der Waals surface area (Å²) in [5.74, 6) is 0.636. The summed E-state index contributed by atoms with van der Waals surface area (Å²) in [6, 6.07) is 12.1. The lowest BCUT2D eigenvalue weighted by molar-refractivity contribution is 0.0952. The Morgan fingerprint density at radius 1 is 1.26 bits per heavy atom. The third-order valence-electron chi connectivity index (χ3n) is 4.41. The molecular weight excluding hydrogens is 382 g/mol. The van der Waals surface area contributed by atoms with Crippen molar-refractivity contribution < 1.29 is 9.53 Å². The highest BCUT2D eigenvalue weighted by atomic mass is 35.5. The molecule has 3 rings (SSSR count). The Morgan fingerprint density at radius 3 is 2.70 bits per heavy atom. The predicted octanol–water partition coefficient (Wildman–Crippen LogP) is 3.26. The van der Waals surface area contributed by atoms with Gasteiger partial charge in [0.15, 0.2) is 0 Å². The molecule has 7 heteroatoms. The molecule has 5 nitrogen and oxygen atoms in total. The molecule has 2 N–H and O–H groups in total. The van der Waals surface area contributed by atoms with E-state index in [1.807, 2.05) is 31.2 Å². The van der Waals surface area contributed by atoms with Crippen LogP contribution < -0.4 is 15.4 Å². The number of amides is 1. The van der Waals surface area contributed by atoms with Crippen molar-refractivity contribution in [1.82, 2.24) is 15.5 Å². The molecule has 1 aromatic carbocycles. The van der Waals surface area contributed by atoms with Crippen LogP contribution >= 0.6 is 23.7 Å². The number of ether oxygens (including phenoxy) is 1. The van der Waals surface area contributed by atoms with E-state index in [9.17, 15) is 4.79 Å². The largest absolute Gasteiger partial charge is 0.492 e. The fraction of sp³-hybridized carbons (Fsp3) is 0.450. The van der Waals surface area contributed by atoms with Gasteiger partial charge in [0.05, 0.1) is 6.61 Å². The van der Waals surface area contributed by atoms with Crippen molar-refractivity contribution in [1.29, 1.82) is 0 Å². The van der Waals surface area contributed by atoms with Crippen molar-refractivity contribution in [3.05, 3.63) is 41.3 Å². The average Bonchev–Trinajstić information content (AvgIpc) is 3.11. The summed E-state index contributed by atoms with van der Waals surface area (Å²) in [7, 11) is 0. The topological polar surface area (TPSA) is 53.6 Å². The fourth-order valence-corrected chi connectivity index (χ4v) is 4.08. The first-order valence-electron chi connectivity index (χ1n) is 9.31. The lowest BCUT2D eigenvalue weighted by Gasteiger charge is -2.27. The number of nitrogens with zero attached hydrogens (tertiary/aromatic N) is 1. The van der Waals surface area contributed by atoms with Crippen LogP contribution in [0.2, 0.25) is 0 Å². The highest BCUT2D eigenvalue weighted by Crippen LogP contribution is 2.36. The van der Waals surface area contributed by atoms with E-state index in [0.717, 1.165) is 49.6 Å². The third kappa shape index (κ3) is 6.21. The molecule has 1 aliphatic heterocycles. The van der Waals surface area contributed by atoms with Crippen LogP contribution in [0.4, 0.5) is 0 Å². The van der Waals surface area contributed by atoms with Gasteiger partial charge in [-0.25, -0.2) is 0 Å². The van der Waals surface area contributed by atoms with Crippen LogP contribution in [0.1, 0.15) is 23.0 Å². The number of hydrogen-bond donors (Lipinski definition) is 2. The maximum absolute atomic E-state index is 12.6. The average molecular weight is 410 g/mol. The zero-order chi connectivity index (χ0) is 18.2. The Bertz CT molecular complexity index is 703. The van der Waals surface area contributed by atoms with E-state index in [-0.39, 0.29) is 18.3 Å². The van der Waals surface area contributed by atoms with E-state index in [1.54, 1.807) is 0 Å². The molecule has 27 heavy (non-hydrogen) atoms. The monoisotopic (exact) mass is 409 g/mol. The number of rotatable bonds is 8. The molecule has 148 valence electrons. The molecule has 1 saturated heterocycles. The van der Waals surface area contributed by atoms with E-state index < -0.39 is 0 Å². The van der Waals surface area contributed by atoms with E-state index in [1.165, 1.54) is 11.3 Å². The molecule has 0 saturated carbocycles. The van der Waals surface area contributed by atoms with Gasteiger partial charge in [-0.05, 0) is 31.5 Å². The van der Waals surface area contributed by atoms with Gasteiger partial charge >= 0.3 is 0 Å². The highest BCUT2D eigenvalue weighted by Gasteiger charge is 2.18. The van der Waals surface area contributed by atoms with Gasteiger partial charge in [0.25, 0.3) is 5.91 Å². The number of hydrogen-bond acceptors (Lipinski definition) is 5. The highest BCUT2D eigenvalue weighted by molar-refractivity contribution is 7.17. The number of benzene rings is 1. The summed E-state index contributed by atoms with van der Waals surface area (Å²) in [6.45, 7) is 8.50. The molecule has 1 amide bonds. The standard InChI is InChI=1S/C20H27N3O2S.ClH/c1-2-25-17-15-18(16-7-4-3-5-8-16)26-19(17)20(24)22-9-6-12-23-13-10-21-11-14-23;/h3-5,7-8,15,21H,2,6,9-14H2,1H3,(H,22,24);1H. The molecule has 0 aliphatic carbocycles. The van der Waals surface area contributed by atoms with Crippen LogP contribution in [-0.4, -0.2) is 56.7 Å². The van der Waals surface area contributed by atoms with Crippen LogP contribution in [0.15, 0.2) is 36.4 Å². The molecule has 0 unspecified atom stereocenters. The Balaban J connectivity index is 0.00000261. The van der Waals surface area contributed by atoms with Gasteiger partial charge in [-0.3, -0.25) is 4.79 Å². The van der Waals surface area contributed by atoms with E-state index >= 15 is 0 Å². The molecule has 1 aliphatic rings. The van der Waals surface area contributed by atoms with Crippen LogP contribution in [0.3, 0.4) is 0 Å². The van der Waals surface area contributed by atoms with Gasteiger partial charge in [-0.2, -0.15) is 0 Å². The smallest absolute Gasteiger partial charge is 0.265 e. The van der Waals surface area contributed by atoms with Gasteiger partial charge in [0.2, 0.25) is 0 Å². The maximum Gasteiger partial charge on any atom is 0.265 e. The van der Waals surface area contributed by atoms with Crippen LogP contribution in [0.25, 0.3) is 10.4 Å². The minimum absolute atomic E-state index is 0. The van der Waals surface area contributed by atoms with Crippen molar-refractivity contribution in [2.75, 3.05) is 45.9 Å². The molecule has 2 aromatic rings. The molecular formula is C20H28ClN3O2S. The number of halogens is 1. The zero-order valence-corrected chi connectivity index (χ0v) is 17.3. The summed E-state index contributed by atoms with van der Waals surface area (Å²) in [6.07, 6.45) is 0.965. The minimum atomic E-state index is -0.0408. The Morgan fingerprint density at radius 2 is 2.00 bits per heavy atom. The van der Waals surface area contributed by atoms with E-state index in [4.69, 9.17) is 4.74 Å². The second-order valence-electron chi connectivity index (χ2n) is 6.30. The predicted molar refractivity (Wildman–Crippen MR) is 114 cm³/mol. The van der Waals surface area contributed by atoms with Crippen molar-refractivity contribution in [3.8, 4) is 16.2 Å². The molecule has 0 spiro atoms. The summed E-state index contributed by atoms with van der Waals surface area (Å²) in [5, 5.41) is 6.41. The lowest BCUT2D eigenvalue weighted by Crippen LogP contribution is -2.44. The van der Waals surface area contributed by atoms with E-state index in [2.05, 4.69) is 27.7 Å². The number of piperazine rings is 1. The molecule has 1 aromatic heterocycles. The normalized spacial score (nSPS) is 14.4. The molecule has 2 heterocycles. The number of thiophene rings is 1. The molecule has 1 fully saturated rings. The van der Waals surface area contributed by atoms with Gasteiger partial charge < -0.3 is 20.3 Å². The Labute approximate surface area is 171 Å². The van der Waals surface area contributed by atoms with E-state index in [0.29, 0.717) is 23.8 Å². The first-order valence-corrected chi connectivity index (χ1v) is 10.1. The molecule has 0 atom stereocenters. The maximum atomic E-state index is 12.6. The SMILES string of the molecule is CCOc1cc(-c2ccccc2)sc1C(=O)NCCCN1CCNCC1.Cl. The first kappa shape index (κ1) is 21.7. The van der Waals surface area contributed by atoms with Gasteiger partial charge in [-0.1, -0.05) is 30.3 Å².